The SMILES string of the molecule is COc1ccc([C@H]2CCCN2S(=O)(=O)c2ccc(C#N)cc2)c(OC)c1. The maximum Gasteiger partial charge on any atom is 0.243 e. The second-order valence-electron chi connectivity index (χ2n) is 6.02. The molecule has 1 heterocycles. The van der Waals surface area contributed by atoms with Crippen molar-refractivity contribution >= 4 is 10.0 Å². The molecule has 1 saturated heterocycles. The van der Waals surface area contributed by atoms with E-state index >= 15 is 0 Å². The van der Waals surface area contributed by atoms with E-state index in [1.165, 1.54) is 28.6 Å². The molecule has 0 N–H and O–H groups in total. The van der Waals surface area contributed by atoms with Gasteiger partial charge in [-0.25, -0.2) is 8.42 Å². The lowest BCUT2D eigenvalue weighted by atomic mass is 10.0. The van der Waals surface area contributed by atoms with Crippen LogP contribution in [0.1, 0.15) is 30.0 Å². The molecular weight excluding hydrogens is 352 g/mol. The Morgan fingerprint density at radius 1 is 1.12 bits per heavy atom. The third-order valence-corrected chi connectivity index (χ3v) is 6.52. The van der Waals surface area contributed by atoms with Gasteiger partial charge in [-0.3, -0.25) is 0 Å². The minimum Gasteiger partial charge on any atom is -0.497 e. The quantitative estimate of drug-likeness (QED) is 0.806. The average Bonchev–Trinajstić information content (AvgIpc) is 3.18. The van der Waals surface area contributed by atoms with Gasteiger partial charge in [-0.05, 0) is 43.2 Å². The lowest BCUT2D eigenvalue weighted by molar-refractivity contribution is 0.361. The molecule has 136 valence electrons. The Bertz CT molecular complexity index is 933. The molecule has 0 amide bonds. The lowest BCUT2D eigenvalue weighted by Crippen LogP contribution is -2.30. The van der Waals surface area contributed by atoms with Crippen molar-refractivity contribution in [2.45, 2.75) is 23.8 Å². The minimum absolute atomic E-state index is 0.191. The van der Waals surface area contributed by atoms with Crippen LogP contribution in [-0.2, 0) is 10.0 Å². The molecule has 2 aromatic carbocycles. The van der Waals surface area contributed by atoms with Crippen LogP contribution in [0, 0.1) is 11.3 Å². The Kier molecular flexibility index (Phi) is 5.16. The fourth-order valence-corrected chi connectivity index (χ4v) is 4.94. The number of nitrogens with zero attached hydrogens (tertiary/aromatic N) is 2. The predicted molar refractivity (Wildman–Crippen MR) is 96.6 cm³/mol. The van der Waals surface area contributed by atoms with Gasteiger partial charge >= 0.3 is 0 Å². The Morgan fingerprint density at radius 2 is 1.85 bits per heavy atom. The van der Waals surface area contributed by atoms with E-state index in [1.54, 1.807) is 20.3 Å². The van der Waals surface area contributed by atoms with Gasteiger partial charge in [0.1, 0.15) is 11.5 Å². The van der Waals surface area contributed by atoms with Gasteiger partial charge in [0.25, 0.3) is 0 Å². The first-order valence-electron chi connectivity index (χ1n) is 8.25. The summed E-state index contributed by atoms with van der Waals surface area (Å²) in [4.78, 5) is 0.191. The average molecular weight is 372 g/mol. The standard InChI is InChI=1S/C19H20N2O4S/c1-24-15-7-10-17(19(12-15)25-2)18-4-3-11-21(18)26(22,23)16-8-5-14(13-20)6-9-16/h5-10,12,18H,3-4,11H2,1-2H3/t18-/m1/s1. The second-order valence-corrected chi connectivity index (χ2v) is 7.91. The Hall–Kier alpha value is -2.56. The number of hydrogen-bond donors (Lipinski definition) is 0. The van der Waals surface area contributed by atoms with Gasteiger partial charge < -0.3 is 9.47 Å². The number of sulfonamides is 1. The van der Waals surface area contributed by atoms with Gasteiger partial charge in [0.05, 0.1) is 36.8 Å². The number of methoxy groups -OCH3 is 2. The molecule has 0 bridgehead atoms. The third-order valence-electron chi connectivity index (χ3n) is 4.59. The molecule has 1 aliphatic heterocycles. The summed E-state index contributed by atoms with van der Waals surface area (Å²) >= 11 is 0. The molecule has 1 aliphatic rings. The summed E-state index contributed by atoms with van der Waals surface area (Å²) in [5.41, 5.74) is 1.25. The van der Waals surface area contributed by atoms with Gasteiger partial charge in [0.15, 0.2) is 0 Å². The highest BCUT2D eigenvalue weighted by molar-refractivity contribution is 7.89. The van der Waals surface area contributed by atoms with E-state index in [2.05, 4.69) is 0 Å². The predicted octanol–water partition coefficient (Wildman–Crippen LogP) is 3.10. The van der Waals surface area contributed by atoms with Crippen LogP contribution in [0.15, 0.2) is 47.4 Å². The molecule has 0 aromatic heterocycles. The van der Waals surface area contributed by atoms with E-state index in [0.29, 0.717) is 23.6 Å². The smallest absolute Gasteiger partial charge is 0.243 e. The van der Waals surface area contributed by atoms with Gasteiger partial charge in [0, 0.05) is 18.2 Å². The van der Waals surface area contributed by atoms with Crippen LogP contribution >= 0.6 is 0 Å². The van der Waals surface area contributed by atoms with E-state index in [-0.39, 0.29) is 10.9 Å². The topological polar surface area (TPSA) is 79.6 Å². The van der Waals surface area contributed by atoms with Crippen molar-refractivity contribution in [3.63, 3.8) is 0 Å². The molecule has 0 radical (unpaired) electrons. The zero-order chi connectivity index (χ0) is 18.7. The molecule has 0 unspecified atom stereocenters. The fraction of sp³-hybridized carbons (Fsp3) is 0.316. The van der Waals surface area contributed by atoms with Crippen LogP contribution in [-0.4, -0.2) is 33.5 Å². The maximum atomic E-state index is 13.1. The van der Waals surface area contributed by atoms with Crippen molar-refractivity contribution in [1.82, 2.24) is 4.31 Å². The maximum absolute atomic E-state index is 13.1. The molecule has 26 heavy (non-hydrogen) atoms. The number of nitriles is 1. The summed E-state index contributed by atoms with van der Waals surface area (Å²) in [6, 6.07) is 13.1. The van der Waals surface area contributed by atoms with Crippen LogP contribution in [0.25, 0.3) is 0 Å². The molecule has 0 aliphatic carbocycles. The van der Waals surface area contributed by atoms with Crippen LogP contribution < -0.4 is 9.47 Å². The summed E-state index contributed by atoms with van der Waals surface area (Å²) in [6.45, 7) is 0.447. The summed E-state index contributed by atoms with van der Waals surface area (Å²) in [7, 11) is -0.527. The second kappa shape index (κ2) is 7.36. The summed E-state index contributed by atoms with van der Waals surface area (Å²) in [5, 5.41) is 8.90. The minimum atomic E-state index is -3.66. The molecule has 0 spiro atoms. The highest BCUT2D eigenvalue weighted by Gasteiger charge is 2.37. The van der Waals surface area contributed by atoms with E-state index < -0.39 is 10.0 Å². The fourth-order valence-electron chi connectivity index (χ4n) is 3.27. The van der Waals surface area contributed by atoms with Crippen molar-refractivity contribution in [3.8, 4) is 17.6 Å². The molecule has 6 nitrogen and oxygen atoms in total. The summed E-state index contributed by atoms with van der Waals surface area (Å²) in [5.74, 6) is 1.27. The highest BCUT2D eigenvalue weighted by Crippen LogP contribution is 2.41. The first kappa shape index (κ1) is 18.2. The molecule has 2 aromatic rings. The molecule has 1 fully saturated rings. The van der Waals surface area contributed by atoms with Gasteiger partial charge in [-0.2, -0.15) is 9.57 Å². The number of hydrogen-bond acceptors (Lipinski definition) is 5. The third kappa shape index (κ3) is 3.26. The molecule has 1 atom stereocenters. The van der Waals surface area contributed by atoms with Crippen LogP contribution in [0.5, 0.6) is 11.5 Å². The molecule has 7 heteroatoms. The van der Waals surface area contributed by atoms with Crippen LogP contribution in [0.3, 0.4) is 0 Å². The van der Waals surface area contributed by atoms with Gasteiger partial charge in [-0.15, -0.1) is 0 Å². The number of ether oxygens (including phenoxy) is 2. The Morgan fingerprint density at radius 3 is 2.46 bits per heavy atom. The van der Waals surface area contributed by atoms with Gasteiger partial charge in [-0.1, -0.05) is 6.07 Å². The first-order chi connectivity index (χ1) is 12.5. The first-order valence-corrected chi connectivity index (χ1v) is 9.69. The largest absolute Gasteiger partial charge is 0.497 e. The zero-order valence-corrected chi connectivity index (χ0v) is 15.5. The van der Waals surface area contributed by atoms with E-state index in [4.69, 9.17) is 14.7 Å². The van der Waals surface area contributed by atoms with Crippen LogP contribution in [0.2, 0.25) is 0 Å². The molecule has 0 saturated carbocycles. The van der Waals surface area contributed by atoms with Crippen molar-refractivity contribution in [2.75, 3.05) is 20.8 Å². The van der Waals surface area contributed by atoms with Crippen LogP contribution in [0.4, 0.5) is 0 Å². The van der Waals surface area contributed by atoms with E-state index in [0.717, 1.165) is 18.4 Å². The Balaban J connectivity index is 1.98. The number of rotatable bonds is 5. The van der Waals surface area contributed by atoms with E-state index in [9.17, 15) is 8.42 Å². The highest BCUT2D eigenvalue weighted by atomic mass is 32.2. The normalized spacial score (nSPS) is 17.7. The van der Waals surface area contributed by atoms with Crippen molar-refractivity contribution in [3.05, 3.63) is 53.6 Å². The molecular formula is C19H20N2O4S. The van der Waals surface area contributed by atoms with Crippen molar-refractivity contribution in [2.24, 2.45) is 0 Å². The van der Waals surface area contributed by atoms with Gasteiger partial charge in [0.2, 0.25) is 10.0 Å². The van der Waals surface area contributed by atoms with Crippen molar-refractivity contribution < 1.29 is 17.9 Å². The number of benzene rings is 2. The van der Waals surface area contributed by atoms with Crippen molar-refractivity contribution in [1.29, 1.82) is 5.26 Å². The zero-order valence-electron chi connectivity index (χ0n) is 14.7. The molecule has 3 rings (SSSR count). The monoisotopic (exact) mass is 372 g/mol. The summed E-state index contributed by atoms with van der Waals surface area (Å²) < 4.78 is 38.4. The van der Waals surface area contributed by atoms with E-state index in [1.807, 2.05) is 18.2 Å². The lowest BCUT2D eigenvalue weighted by Gasteiger charge is -2.26. The summed E-state index contributed by atoms with van der Waals surface area (Å²) in [6.07, 6.45) is 1.49. The Labute approximate surface area is 153 Å².